The molecule has 0 saturated carbocycles. The van der Waals surface area contributed by atoms with E-state index < -0.39 is 0 Å². The molecule has 2 saturated heterocycles. The molecule has 142 valence electrons. The van der Waals surface area contributed by atoms with E-state index in [1.165, 1.54) is 6.42 Å². The second kappa shape index (κ2) is 6.44. The lowest BCUT2D eigenvalue weighted by atomic mass is 9.68. The maximum Gasteiger partial charge on any atom is 0.158 e. The molecule has 0 aliphatic carbocycles. The minimum atomic E-state index is 0.139. The van der Waals surface area contributed by atoms with Crippen molar-refractivity contribution in [2.45, 2.75) is 19.8 Å². The normalized spacial score (nSPS) is 24.8. The molecular weight excluding hydrogens is 352 g/mol. The number of hydrogen-bond acceptors (Lipinski definition) is 7. The van der Waals surface area contributed by atoms with Gasteiger partial charge < -0.3 is 14.8 Å². The Hall–Kier alpha value is -3.21. The first-order valence-corrected chi connectivity index (χ1v) is 9.66. The van der Waals surface area contributed by atoms with Crippen molar-refractivity contribution in [2.75, 3.05) is 36.0 Å². The van der Waals surface area contributed by atoms with Crippen LogP contribution in [0.2, 0.25) is 0 Å². The molecular formula is C20H22N8. The van der Waals surface area contributed by atoms with Gasteiger partial charge in [0.25, 0.3) is 0 Å². The molecule has 0 radical (unpaired) electrons. The second-order valence-corrected chi connectivity index (χ2v) is 8.08. The number of anilines is 2. The summed E-state index contributed by atoms with van der Waals surface area (Å²) in [5, 5.41) is 10.0. The Bertz CT molecular complexity index is 1040. The van der Waals surface area contributed by atoms with Gasteiger partial charge in [-0.15, -0.1) is 0 Å². The van der Waals surface area contributed by atoms with Crippen molar-refractivity contribution in [2.24, 2.45) is 11.3 Å². The van der Waals surface area contributed by atoms with E-state index in [0.717, 1.165) is 55.3 Å². The average Bonchev–Trinajstić information content (AvgIpc) is 3.21. The fourth-order valence-corrected chi connectivity index (χ4v) is 4.83. The van der Waals surface area contributed by atoms with Gasteiger partial charge in [-0.2, -0.15) is 5.26 Å². The van der Waals surface area contributed by atoms with E-state index in [2.05, 4.69) is 47.7 Å². The largest absolute Gasteiger partial charge is 0.355 e. The van der Waals surface area contributed by atoms with Gasteiger partial charge in [0.1, 0.15) is 29.7 Å². The number of H-pyrrole nitrogens is 1. The first-order valence-electron chi connectivity index (χ1n) is 9.66. The van der Waals surface area contributed by atoms with Gasteiger partial charge in [-0.25, -0.2) is 19.9 Å². The zero-order valence-corrected chi connectivity index (χ0v) is 15.8. The summed E-state index contributed by atoms with van der Waals surface area (Å²) in [7, 11) is 0. The monoisotopic (exact) mass is 374 g/mol. The van der Waals surface area contributed by atoms with Crippen molar-refractivity contribution in [3.05, 3.63) is 36.7 Å². The number of fused-ring (bicyclic) bond motifs is 2. The number of nitriles is 1. The van der Waals surface area contributed by atoms with Gasteiger partial charge in [0, 0.05) is 37.8 Å². The van der Waals surface area contributed by atoms with E-state index in [1.807, 2.05) is 12.3 Å². The Morgan fingerprint density at radius 1 is 1.11 bits per heavy atom. The van der Waals surface area contributed by atoms with Crippen LogP contribution < -0.4 is 9.80 Å². The highest BCUT2D eigenvalue weighted by molar-refractivity contribution is 5.87. The molecule has 3 aromatic heterocycles. The number of piperidine rings is 2. The minimum Gasteiger partial charge on any atom is -0.355 e. The van der Waals surface area contributed by atoms with E-state index in [0.29, 0.717) is 11.6 Å². The van der Waals surface area contributed by atoms with E-state index in [4.69, 9.17) is 5.26 Å². The van der Waals surface area contributed by atoms with Crippen molar-refractivity contribution in [3.8, 4) is 6.07 Å². The summed E-state index contributed by atoms with van der Waals surface area (Å²) in [5.41, 5.74) is 1.38. The Morgan fingerprint density at radius 3 is 2.71 bits per heavy atom. The smallest absolute Gasteiger partial charge is 0.158 e. The molecule has 0 spiro atoms. The van der Waals surface area contributed by atoms with Crippen molar-refractivity contribution < 1.29 is 0 Å². The third kappa shape index (κ3) is 2.74. The topological polar surface area (TPSA) is 97.6 Å². The van der Waals surface area contributed by atoms with Crippen LogP contribution in [0, 0.1) is 22.7 Å². The Balaban J connectivity index is 1.40. The molecule has 2 aliphatic rings. The van der Waals surface area contributed by atoms with E-state index >= 15 is 0 Å². The maximum atomic E-state index is 8.95. The van der Waals surface area contributed by atoms with Gasteiger partial charge in [0.15, 0.2) is 5.69 Å². The lowest BCUT2D eigenvalue weighted by Crippen LogP contribution is -2.57. The van der Waals surface area contributed by atoms with E-state index in [-0.39, 0.29) is 5.41 Å². The number of aromatic amines is 1. The molecule has 5 rings (SSSR count). The first kappa shape index (κ1) is 16.9. The number of nitrogens with zero attached hydrogens (tertiary/aromatic N) is 7. The summed E-state index contributed by atoms with van der Waals surface area (Å²) in [5.74, 6) is 2.56. The number of aromatic nitrogens is 5. The molecule has 0 bridgehead atoms. The van der Waals surface area contributed by atoms with Crippen LogP contribution in [0.25, 0.3) is 11.0 Å². The van der Waals surface area contributed by atoms with Crippen LogP contribution in [0.5, 0.6) is 0 Å². The molecule has 8 nitrogen and oxygen atoms in total. The molecule has 2 unspecified atom stereocenters. The fraction of sp³-hybridized carbons (Fsp3) is 0.450. The van der Waals surface area contributed by atoms with Crippen LogP contribution in [0.4, 0.5) is 11.6 Å². The SMILES string of the molecule is CC12CN(c3cnc(C#N)cn3)CCC1CCN(c1ncnc3[nH]ccc13)C2. The quantitative estimate of drug-likeness (QED) is 0.735. The van der Waals surface area contributed by atoms with Gasteiger partial charge in [0.05, 0.1) is 17.8 Å². The predicted octanol–water partition coefficient (Wildman–Crippen LogP) is 2.36. The molecule has 0 amide bonds. The molecule has 3 aromatic rings. The molecule has 2 atom stereocenters. The summed E-state index contributed by atoms with van der Waals surface area (Å²) >= 11 is 0. The average molecular weight is 374 g/mol. The fourth-order valence-electron chi connectivity index (χ4n) is 4.83. The summed E-state index contributed by atoms with van der Waals surface area (Å²) in [6.07, 6.45) is 9.15. The Morgan fingerprint density at radius 2 is 1.93 bits per heavy atom. The van der Waals surface area contributed by atoms with Gasteiger partial charge in [-0.1, -0.05) is 6.92 Å². The number of nitrogens with one attached hydrogen (secondary N) is 1. The first-order chi connectivity index (χ1) is 13.7. The standard InChI is InChI=1S/C20H22N8/c1-20-11-27(17-10-23-15(8-21)9-24-17)6-3-14(20)4-7-28(12-20)19-16-2-5-22-18(16)25-13-26-19/h2,5,9-10,13-14H,3-4,6-7,11-12H2,1H3,(H,22,25,26). The molecule has 0 aromatic carbocycles. The van der Waals surface area contributed by atoms with Gasteiger partial charge in [-0.05, 0) is 24.8 Å². The number of rotatable bonds is 2. The van der Waals surface area contributed by atoms with Crippen molar-refractivity contribution >= 4 is 22.7 Å². The molecule has 2 fully saturated rings. The Labute approximate surface area is 163 Å². The second-order valence-electron chi connectivity index (χ2n) is 8.08. The zero-order chi connectivity index (χ0) is 19.1. The van der Waals surface area contributed by atoms with Crippen LogP contribution >= 0.6 is 0 Å². The van der Waals surface area contributed by atoms with Crippen LogP contribution in [-0.4, -0.2) is 51.1 Å². The summed E-state index contributed by atoms with van der Waals surface area (Å²) in [4.78, 5) is 25.5. The third-order valence-electron chi connectivity index (χ3n) is 6.29. The van der Waals surface area contributed by atoms with Crippen LogP contribution in [0.3, 0.4) is 0 Å². The molecule has 5 heterocycles. The highest BCUT2D eigenvalue weighted by atomic mass is 15.3. The van der Waals surface area contributed by atoms with Crippen LogP contribution in [-0.2, 0) is 0 Å². The minimum absolute atomic E-state index is 0.139. The molecule has 28 heavy (non-hydrogen) atoms. The van der Waals surface area contributed by atoms with Crippen molar-refractivity contribution in [1.82, 2.24) is 24.9 Å². The molecule has 2 aliphatic heterocycles. The lowest BCUT2D eigenvalue weighted by molar-refractivity contribution is 0.125. The van der Waals surface area contributed by atoms with Gasteiger partial charge in [0.2, 0.25) is 0 Å². The van der Waals surface area contributed by atoms with Gasteiger partial charge >= 0.3 is 0 Å². The molecule has 8 heteroatoms. The van der Waals surface area contributed by atoms with E-state index in [9.17, 15) is 0 Å². The number of hydrogen-bond donors (Lipinski definition) is 1. The molecule has 1 N–H and O–H groups in total. The van der Waals surface area contributed by atoms with Gasteiger partial charge in [-0.3, -0.25) is 0 Å². The van der Waals surface area contributed by atoms with Crippen LogP contribution in [0.1, 0.15) is 25.5 Å². The highest BCUT2D eigenvalue weighted by Gasteiger charge is 2.44. The van der Waals surface area contributed by atoms with Crippen molar-refractivity contribution in [3.63, 3.8) is 0 Å². The summed E-state index contributed by atoms with van der Waals surface area (Å²) in [6.45, 7) is 6.26. The van der Waals surface area contributed by atoms with Crippen LogP contribution in [0.15, 0.2) is 31.0 Å². The maximum absolute atomic E-state index is 8.95. The van der Waals surface area contributed by atoms with Crippen molar-refractivity contribution in [1.29, 1.82) is 5.26 Å². The highest BCUT2D eigenvalue weighted by Crippen LogP contribution is 2.43. The summed E-state index contributed by atoms with van der Waals surface area (Å²) < 4.78 is 0. The Kier molecular flexibility index (Phi) is 3.90. The zero-order valence-electron chi connectivity index (χ0n) is 15.8. The van der Waals surface area contributed by atoms with E-state index in [1.54, 1.807) is 18.7 Å². The lowest BCUT2D eigenvalue weighted by Gasteiger charge is -2.52. The predicted molar refractivity (Wildman–Crippen MR) is 106 cm³/mol. The summed E-state index contributed by atoms with van der Waals surface area (Å²) in [6, 6.07) is 4.09. The third-order valence-corrected chi connectivity index (χ3v) is 6.29.